The summed E-state index contributed by atoms with van der Waals surface area (Å²) in [7, 11) is 1.13. The van der Waals surface area contributed by atoms with Gasteiger partial charge in [-0.3, -0.25) is 9.59 Å². The van der Waals surface area contributed by atoms with Crippen LogP contribution in [0.25, 0.3) is 0 Å². The zero-order valence-electron chi connectivity index (χ0n) is 20.5. The minimum Gasteiger partial charge on any atom is -0.465 e. The van der Waals surface area contributed by atoms with Gasteiger partial charge in [0.15, 0.2) is 5.92 Å². The molecule has 0 spiro atoms. The number of ether oxygens (including phenoxy) is 3. The largest absolute Gasteiger partial charge is 0.465 e. The maximum Gasteiger partial charge on any atom is 0.340 e. The van der Waals surface area contributed by atoms with Gasteiger partial charge in [0.1, 0.15) is 17.0 Å². The van der Waals surface area contributed by atoms with Crippen LogP contribution in [0, 0.1) is 5.82 Å². The van der Waals surface area contributed by atoms with Crippen LogP contribution in [0.2, 0.25) is 0 Å². The molecule has 1 fully saturated rings. The third-order valence-electron chi connectivity index (χ3n) is 4.84. The molecule has 9 heteroatoms. The van der Waals surface area contributed by atoms with E-state index in [-0.39, 0.29) is 22.9 Å². The molecular formula is C24H35FN2O6. The van der Waals surface area contributed by atoms with Crippen LogP contribution in [0.1, 0.15) is 76.2 Å². The second kappa shape index (κ2) is 10.5. The van der Waals surface area contributed by atoms with Crippen LogP contribution in [-0.2, 0) is 23.8 Å². The molecule has 2 N–H and O–H groups in total. The van der Waals surface area contributed by atoms with E-state index in [1.165, 1.54) is 6.07 Å². The Labute approximate surface area is 194 Å². The van der Waals surface area contributed by atoms with E-state index in [2.05, 4.69) is 15.4 Å². The highest BCUT2D eigenvalue weighted by Gasteiger charge is 2.39. The Balaban J connectivity index is 2.63. The lowest BCUT2D eigenvalue weighted by Gasteiger charge is -2.30. The number of carbonyl (C=O) groups excluding carboxylic acids is 3. The maximum atomic E-state index is 14.8. The van der Waals surface area contributed by atoms with Crippen molar-refractivity contribution >= 4 is 23.6 Å². The van der Waals surface area contributed by atoms with Gasteiger partial charge < -0.3 is 24.8 Å². The lowest BCUT2D eigenvalue weighted by molar-refractivity contribution is -0.169. The first kappa shape index (κ1) is 26.6. The first-order valence-corrected chi connectivity index (χ1v) is 11.1. The van der Waals surface area contributed by atoms with Crippen molar-refractivity contribution in [2.24, 2.45) is 0 Å². The lowest BCUT2D eigenvalue weighted by atomic mass is 9.93. The summed E-state index contributed by atoms with van der Waals surface area (Å²) < 4.78 is 30.5. The molecule has 0 unspecified atom stereocenters. The molecule has 0 amide bonds. The molecule has 1 aliphatic heterocycles. The molecule has 0 aliphatic carbocycles. The summed E-state index contributed by atoms with van der Waals surface area (Å²) in [5, 5.41) is 6.49. The van der Waals surface area contributed by atoms with Crippen LogP contribution in [0.5, 0.6) is 0 Å². The molecule has 0 bridgehead atoms. The summed E-state index contributed by atoms with van der Waals surface area (Å²) in [4.78, 5) is 38.6. The molecule has 0 saturated carbocycles. The Hall–Kier alpha value is -2.68. The Morgan fingerprint density at radius 2 is 1.52 bits per heavy atom. The van der Waals surface area contributed by atoms with E-state index in [0.29, 0.717) is 0 Å². The third kappa shape index (κ3) is 7.70. The van der Waals surface area contributed by atoms with Crippen molar-refractivity contribution in [2.45, 2.75) is 77.5 Å². The van der Waals surface area contributed by atoms with E-state index in [4.69, 9.17) is 9.47 Å². The van der Waals surface area contributed by atoms with Gasteiger partial charge in [0.2, 0.25) is 0 Å². The first-order valence-electron chi connectivity index (χ1n) is 11.1. The van der Waals surface area contributed by atoms with E-state index < -0.39 is 40.8 Å². The van der Waals surface area contributed by atoms with E-state index >= 15 is 0 Å². The molecule has 1 saturated heterocycles. The molecule has 0 aromatic heterocycles. The number of hydrogen-bond donors (Lipinski definition) is 2. The highest BCUT2D eigenvalue weighted by atomic mass is 19.1. The average Bonchev–Trinajstić information content (AvgIpc) is 2.67. The maximum absolute atomic E-state index is 14.8. The van der Waals surface area contributed by atoms with Crippen LogP contribution < -0.4 is 10.6 Å². The van der Waals surface area contributed by atoms with Crippen LogP contribution in [-0.4, -0.2) is 55.4 Å². The zero-order valence-corrected chi connectivity index (χ0v) is 20.5. The number of esters is 3. The van der Waals surface area contributed by atoms with E-state index in [1.807, 2.05) is 0 Å². The van der Waals surface area contributed by atoms with Crippen LogP contribution in [0.3, 0.4) is 0 Å². The van der Waals surface area contributed by atoms with Gasteiger partial charge >= 0.3 is 17.9 Å². The Bertz CT molecular complexity index is 854. The van der Waals surface area contributed by atoms with Crippen molar-refractivity contribution in [2.75, 3.05) is 25.5 Å². The van der Waals surface area contributed by atoms with Gasteiger partial charge in [0.05, 0.1) is 12.7 Å². The molecule has 184 valence electrons. The standard InChI is InChI=1S/C24H35FN2O6/c1-23(2,3)32-21(29)19(22(30)33-24(4,5)6)16-12-15(20(28)31-7)17(25)13-18(16)27-14-8-10-26-11-9-14/h12-14,19,26-27H,8-11H2,1-7H3. The summed E-state index contributed by atoms with van der Waals surface area (Å²) >= 11 is 0. The summed E-state index contributed by atoms with van der Waals surface area (Å²) in [6, 6.07) is 2.28. The SMILES string of the molecule is COC(=O)c1cc(C(C(=O)OC(C)(C)C)C(=O)OC(C)(C)C)c(NC2CCNCC2)cc1F. The number of benzene rings is 1. The number of nitrogens with one attached hydrogen (secondary N) is 2. The van der Waals surface area contributed by atoms with Gasteiger partial charge in [-0.15, -0.1) is 0 Å². The Kier molecular flexibility index (Phi) is 8.46. The van der Waals surface area contributed by atoms with Gasteiger partial charge in [-0.2, -0.15) is 0 Å². The van der Waals surface area contributed by atoms with Crippen LogP contribution in [0.4, 0.5) is 10.1 Å². The fourth-order valence-electron chi connectivity index (χ4n) is 3.48. The second-order valence-electron chi connectivity index (χ2n) is 10.1. The van der Waals surface area contributed by atoms with Gasteiger partial charge in [0.25, 0.3) is 0 Å². The summed E-state index contributed by atoms with van der Waals surface area (Å²) in [5.41, 5.74) is -1.83. The predicted octanol–water partition coefficient (Wildman–Crippen LogP) is 3.54. The zero-order chi connectivity index (χ0) is 25.0. The molecule has 1 aromatic rings. The van der Waals surface area contributed by atoms with E-state index in [0.717, 1.165) is 39.1 Å². The number of methoxy groups -OCH3 is 1. The highest BCUT2D eigenvalue weighted by molar-refractivity contribution is 6.03. The minimum atomic E-state index is -1.53. The van der Waals surface area contributed by atoms with E-state index in [9.17, 15) is 18.8 Å². The van der Waals surface area contributed by atoms with Gasteiger partial charge in [-0.25, -0.2) is 9.18 Å². The Morgan fingerprint density at radius 1 is 1.00 bits per heavy atom. The van der Waals surface area contributed by atoms with Crippen LogP contribution >= 0.6 is 0 Å². The smallest absolute Gasteiger partial charge is 0.340 e. The molecule has 1 heterocycles. The van der Waals surface area contributed by atoms with E-state index in [1.54, 1.807) is 41.5 Å². The number of rotatable bonds is 6. The van der Waals surface area contributed by atoms with Crippen molar-refractivity contribution in [1.29, 1.82) is 0 Å². The lowest BCUT2D eigenvalue weighted by Crippen LogP contribution is -2.38. The molecular weight excluding hydrogens is 431 g/mol. The summed E-state index contributed by atoms with van der Waals surface area (Å²) in [5.74, 6) is -4.99. The summed E-state index contributed by atoms with van der Waals surface area (Å²) in [6.45, 7) is 11.6. The fraction of sp³-hybridized carbons (Fsp3) is 0.625. The third-order valence-corrected chi connectivity index (χ3v) is 4.84. The average molecular weight is 467 g/mol. The molecule has 1 aliphatic rings. The minimum absolute atomic E-state index is 0.00806. The number of hydrogen-bond acceptors (Lipinski definition) is 8. The number of piperidine rings is 1. The second-order valence-corrected chi connectivity index (χ2v) is 10.1. The normalized spacial score (nSPS) is 15.2. The van der Waals surface area contributed by atoms with Crippen LogP contribution in [0.15, 0.2) is 12.1 Å². The molecule has 0 radical (unpaired) electrons. The van der Waals surface area contributed by atoms with Gasteiger partial charge in [-0.05, 0) is 79.6 Å². The van der Waals surface area contributed by atoms with Gasteiger partial charge in [0, 0.05) is 17.3 Å². The molecule has 0 atom stereocenters. The van der Waals surface area contributed by atoms with Gasteiger partial charge in [-0.1, -0.05) is 0 Å². The Morgan fingerprint density at radius 3 is 1.97 bits per heavy atom. The quantitative estimate of drug-likeness (QED) is 0.373. The molecule has 2 rings (SSSR count). The molecule has 1 aromatic carbocycles. The number of anilines is 1. The van der Waals surface area contributed by atoms with Crippen molar-refractivity contribution in [3.05, 3.63) is 29.1 Å². The number of carbonyl (C=O) groups is 3. The highest BCUT2D eigenvalue weighted by Crippen LogP contribution is 2.33. The van der Waals surface area contributed by atoms with Crippen molar-refractivity contribution in [3.8, 4) is 0 Å². The number of halogens is 1. The topological polar surface area (TPSA) is 103 Å². The predicted molar refractivity (Wildman–Crippen MR) is 122 cm³/mol. The van der Waals surface area contributed by atoms with Crippen molar-refractivity contribution in [3.63, 3.8) is 0 Å². The monoisotopic (exact) mass is 466 g/mol. The molecule has 33 heavy (non-hydrogen) atoms. The fourth-order valence-corrected chi connectivity index (χ4v) is 3.48. The van der Waals surface area contributed by atoms with Crippen molar-refractivity contribution in [1.82, 2.24) is 5.32 Å². The van der Waals surface area contributed by atoms with Crippen molar-refractivity contribution < 1.29 is 33.0 Å². The summed E-state index contributed by atoms with van der Waals surface area (Å²) in [6.07, 6.45) is 1.53. The first-order chi connectivity index (χ1) is 15.2. The molecule has 8 nitrogen and oxygen atoms in total.